The van der Waals surface area contributed by atoms with Gasteiger partial charge >= 0.3 is 0 Å². The molecule has 19 aromatic rings. The maximum absolute atomic E-state index is 19.1. The SMILES string of the molecule is CC(C)(c1c(-c2ccccc2F)c(-n2c3ccccc3c3ccc4oc5ccccc5c4c32)c(-c2ccccc2F)c(C(C)(C)n2c3ccccc3c3ccccc32)c1-n1c2ccccc2c2ccc3oc4ccccc4c3c21)n1c2ccccc2c2ccccc21. The van der Waals surface area contributed by atoms with E-state index in [4.69, 9.17) is 8.83 Å². The van der Waals surface area contributed by atoms with Crippen LogP contribution in [0.25, 0.3) is 165 Å². The number of para-hydroxylation sites is 8. The highest BCUT2D eigenvalue weighted by molar-refractivity contribution is 6.27. The predicted molar refractivity (Wildman–Crippen MR) is 376 cm³/mol. The van der Waals surface area contributed by atoms with Gasteiger partial charge in [-0.05, 0) is 113 Å². The highest BCUT2D eigenvalue weighted by Gasteiger charge is 2.45. The fraction of sp³-hybridized carbons (Fsp3) is 0.0714. The van der Waals surface area contributed by atoms with Gasteiger partial charge in [0, 0.05) is 109 Å². The van der Waals surface area contributed by atoms with E-state index in [0.29, 0.717) is 33.5 Å². The normalized spacial score (nSPS) is 12.7. The summed E-state index contributed by atoms with van der Waals surface area (Å²) in [4.78, 5) is 0. The van der Waals surface area contributed by atoms with E-state index in [0.717, 1.165) is 142 Å². The van der Waals surface area contributed by atoms with Gasteiger partial charge in [0.05, 0.1) is 55.3 Å². The van der Waals surface area contributed by atoms with Crippen LogP contribution in [0.5, 0.6) is 0 Å². The molecule has 0 spiro atoms. The predicted octanol–water partition coefficient (Wildman–Crippen LogP) is 23.1. The minimum atomic E-state index is -1.16. The van der Waals surface area contributed by atoms with Crippen molar-refractivity contribution in [3.05, 3.63) is 290 Å². The van der Waals surface area contributed by atoms with E-state index >= 15 is 8.78 Å². The van der Waals surface area contributed by atoms with Gasteiger partial charge in [0.15, 0.2) is 0 Å². The second-order valence-corrected chi connectivity index (χ2v) is 25.6. The quantitative estimate of drug-likeness (QED) is 0.152. The molecule has 0 saturated carbocycles. The van der Waals surface area contributed by atoms with Crippen molar-refractivity contribution in [1.29, 1.82) is 0 Å². The Morgan fingerprint density at radius 1 is 0.272 bits per heavy atom. The molecule has 0 saturated heterocycles. The molecule has 8 heteroatoms. The number of rotatable bonds is 8. The van der Waals surface area contributed by atoms with Gasteiger partial charge in [-0.25, -0.2) is 8.78 Å². The summed E-state index contributed by atoms with van der Waals surface area (Å²) in [6.07, 6.45) is 0. The number of furan rings is 2. The molecule has 438 valence electrons. The van der Waals surface area contributed by atoms with Crippen molar-refractivity contribution in [2.24, 2.45) is 0 Å². The van der Waals surface area contributed by atoms with E-state index in [1.807, 2.05) is 48.5 Å². The molecule has 19 rings (SSSR count). The van der Waals surface area contributed by atoms with Gasteiger partial charge < -0.3 is 27.1 Å². The average molecular weight is 1190 g/mol. The molecule has 0 bridgehead atoms. The minimum Gasteiger partial charge on any atom is -0.456 e. The summed E-state index contributed by atoms with van der Waals surface area (Å²) >= 11 is 0. The lowest BCUT2D eigenvalue weighted by molar-refractivity contribution is 0.447. The second-order valence-electron chi connectivity index (χ2n) is 25.6. The zero-order valence-corrected chi connectivity index (χ0v) is 50.8. The summed E-state index contributed by atoms with van der Waals surface area (Å²) in [7, 11) is 0. The summed E-state index contributed by atoms with van der Waals surface area (Å²) in [6, 6.07) is 91.1. The fourth-order valence-corrected chi connectivity index (χ4v) is 16.5. The Morgan fingerprint density at radius 3 is 0.935 bits per heavy atom. The second kappa shape index (κ2) is 19.0. The number of hydrogen-bond donors (Lipinski definition) is 0. The van der Waals surface area contributed by atoms with Gasteiger partial charge in [-0.1, -0.05) is 182 Å². The zero-order valence-electron chi connectivity index (χ0n) is 50.8. The van der Waals surface area contributed by atoms with Crippen LogP contribution in [0.3, 0.4) is 0 Å². The van der Waals surface area contributed by atoms with E-state index in [-0.39, 0.29) is 0 Å². The molecule has 0 aliphatic carbocycles. The van der Waals surface area contributed by atoms with Crippen LogP contribution in [0.1, 0.15) is 38.8 Å². The van der Waals surface area contributed by atoms with Crippen molar-refractivity contribution in [3.8, 4) is 33.6 Å². The van der Waals surface area contributed by atoms with Crippen molar-refractivity contribution in [2.45, 2.75) is 38.8 Å². The summed E-state index contributed by atoms with van der Waals surface area (Å²) in [5.41, 5.74) is 13.0. The average Bonchev–Trinajstić information content (AvgIpc) is 1.36. The summed E-state index contributed by atoms with van der Waals surface area (Å²) in [5.74, 6) is -0.865. The van der Waals surface area contributed by atoms with E-state index in [1.54, 1.807) is 24.3 Å². The molecule has 0 fully saturated rings. The largest absolute Gasteiger partial charge is 0.456 e. The maximum Gasteiger partial charge on any atom is 0.137 e. The molecular formula is C84H56F2N4O2. The number of nitrogens with zero attached hydrogens (tertiary/aromatic N) is 4. The maximum atomic E-state index is 19.1. The number of halogens is 2. The van der Waals surface area contributed by atoms with Crippen LogP contribution in [0, 0.1) is 11.6 Å². The minimum absolute atomic E-state index is 0.348. The van der Waals surface area contributed by atoms with Gasteiger partial charge in [0.25, 0.3) is 0 Å². The topological polar surface area (TPSA) is 46.0 Å². The van der Waals surface area contributed by atoms with Crippen molar-refractivity contribution in [2.75, 3.05) is 0 Å². The lowest BCUT2D eigenvalue weighted by Gasteiger charge is -2.42. The zero-order chi connectivity index (χ0) is 61.5. The molecule has 6 heterocycles. The van der Waals surface area contributed by atoms with Crippen molar-refractivity contribution < 1.29 is 17.6 Å². The number of benzene rings is 13. The molecule has 13 aromatic carbocycles. The van der Waals surface area contributed by atoms with Gasteiger partial charge in [-0.3, -0.25) is 0 Å². The smallest absolute Gasteiger partial charge is 0.137 e. The highest BCUT2D eigenvalue weighted by Crippen LogP contribution is 2.58. The van der Waals surface area contributed by atoms with Gasteiger partial charge in [-0.15, -0.1) is 0 Å². The lowest BCUT2D eigenvalue weighted by atomic mass is 9.74. The van der Waals surface area contributed by atoms with Crippen LogP contribution in [0.2, 0.25) is 0 Å². The Morgan fingerprint density at radius 2 is 0.565 bits per heavy atom. The van der Waals surface area contributed by atoms with Crippen LogP contribution in [-0.4, -0.2) is 18.3 Å². The first kappa shape index (κ1) is 52.5. The third-order valence-corrected chi connectivity index (χ3v) is 20.0. The van der Waals surface area contributed by atoms with E-state index in [9.17, 15) is 0 Å². The lowest BCUT2D eigenvalue weighted by Crippen LogP contribution is -2.36. The monoisotopic (exact) mass is 1190 g/mol. The molecule has 92 heavy (non-hydrogen) atoms. The first-order valence-electron chi connectivity index (χ1n) is 31.5. The van der Waals surface area contributed by atoms with Gasteiger partial charge in [0.2, 0.25) is 0 Å². The van der Waals surface area contributed by atoms with Crippen LogP contribution in [0.15, 0.2) is 276 Å². The Labute approximate surface area is 526 Å². The van der Waals surface area contributed by atoms with Gasteiger partial charge in [-0.2, -0.15) is 0 Å². The molecule has 0 aliphatic rings. The molecule has 0 radical (unpaired) electrons. The molecule has 0 amide bonds. The van der Waals surface area contributed by atoms with E-state index in [2.05, 4.69) is 240 Å². The van der Waals surface area contributed by atoms with Crippen molar-refractivity contribution in [1.82, 2.24) is 18.3 Å². The Bertz CT molecular complexity index is 6070. The molecule has 0 unspecified atom stereocenters. The molecule has 0 atom stereocenters. The third-order valence-electron chi connectivity index (χ3n) is 20.0. The third kappa shape index (κ3) is 6.95. The first-order valence-corrected chi connectivity index (χ1v) is 31.5. The molecular weight excluding hydrogens is 1130 g/mol. The summed E-state index contributed by atoms with van der Waals surface area (Å²) in [6.45, 7) is 9.24. The molecule has 6 nitrogen and oxygen atoms in total. The molecule has 0 N–H and O–H groups in total. The van der Waals surface area contributed by atoms with Crippen LogP contribution < -0.4 is 0 Å². The van der Waals surface area contributed by atoms with Crippen molar-refractivity contribution >= 4 is 131 Å². The number of fused-ring (bicyclic) bond motifs is 20. The summed E-state index contributed by atoms with van der Waals surface area (Å²) in [5, 5.41) is 12.0. The van der Waals surface area contributed by atoms with Crippen LogP contribution >= 0.6 is 0 Å². The van der Waals surface area contributed by atoms with Crippen molar-refractivity contribution in [3.63, 3.8) is 0 Å². The Balaban J connectivity index is 1.19. The number of hydrogen-bond acceptors (Lipinski definition) is 2. The molecule has 0 aliphatic heterocycles. The first-order chi connectivity index (χ1) is 45.1. The molecule has 6 aromatic heterocycles. The van der Waals surface area contributed by atoms with E-state index < -0.39 is 22.7 Å². The van der Waals surface area contributed by atoms with Crippen LogP contribution in [0.4, 0.5) is 8.78 Å². The highest BCUT2D eigenvalue weighted by atomic mass is 19.1. The Hall–Kier alpha value is -11.5. The van der Waals surface area contributed by atoms with Gasteiger partial charge in [0.1, 0.15) is 34.0 Å². The standard InChI is InChI=1S/C84H56F2N4O2/c1-83(2,89-65-39-19-9-25-49(65)50-26-10-20-40-66(50)89)77-75(57-31-5-15-35-61(57)85)81(87-63-37-17-7-29-53(63)55-45-47-71-73(79(55)87)59-33-13-23-43-69(59)91-71)76(58-32-6-16-36-62(58)86)78(84(3,4)90-67-41-21-11-27-51(67)52-28-12-22-42-68(52)90)82(77)88-64-38-18-8-30-54(64)56-46-48-72-74(80(56)88)60-34-14-24-44-70(60)92-72/h5-48H,1-4H3. The summed E-state index contributed by atoms with van der Waals surface area (Å²) < 4.78 is 61.8. The Kier molecular flexibility index (Phi) is 10.8. The number of aromatic nitrogens is 4. The van der Waals surface area contributed by atoms with E-state index in [1.165, 1.54) is 0 Å². The fourth-order valence-electron chi connectivity index (χ4n) is 16.5. The van der Waals surface area contributed by atoms with Crippen LogP contribution in [-0.2, 0) is 11.1 Å².